The van der Waals surface area contributed by atoms with Gasteiger partial charge in [0.15, 0.2) is 0 Å². The van der Waals surface area contributed by atoms with Crippen molar-refractivity contribution in [3.05, 3.63) is 46.0 Å². The van der Waals surface area contributed by atoms with Crippen LogP contribution < -0.4 is 5.32 Å². The van der Waals surface area contributed by atoms with Gasteiger partial charge in [-0.3, -0.25) is 0 Å². The SMILES string of the molecule is c1csc(CCNC2CCCc3occc32)c1. The summed E-state index contributed by atoms with van der Waals surface area (Å²) in [5, 5.41) is 5.79. The molecule has 0 bridgehead atoms. The van der Waals surface area contributed by atoms with Gasteiger partial charge in [-0.1, -0.05) is 6.07 Å². The van der Waals surface area contributed by atoms with Crippen LogP contribution in [-0.4, -0.2) is 6.54 Å². The van der Waals surface area contributed by atoms with E-state index < -0.39 is 0 Å². The van der Waals surface area contributed by atoms with E-state index in [1.54, 1.807) is 0 Å². The van der Waals surface area contributed by atoms with E-state index in [0.717, 1.165) is 19.4 Å². The molecule has 2 heterocycles. The number of aryl methyl sites for hydroxylation is 1. The molecule has 0 spiro atoms. The highest BCUT2D eigenvalue weighted by Gasteiger charge is 2.21. The topological polar surface area (TPSA) is 25.2 Å². The third kappa shape index (κ3) is 2.45. The van der Waals surface area contributed by atoms with E-state index in [1.165, 1.54) is 29.0 Å². The molecule has 3 heteroatoms. The molecule has 3 rings (SSSR count). The summed E-state index contributed by atoms with van der Waals surface area (Å²) in [6.07, 6.45) is 6.52. The first kappa shape index (κ1) is 11.1. The van der Waals surface area contributed by atoms with E-state index in [9.17, 15) is 0 Å². The predicted molar refractivity (Wildman–Crippen MR) is 70.4 cm³/mol. The van der Waals surface area contributed by atoms with E-state index in [1.807, 2.05) is 17.6 Å². The molecular weight excluding hydrogens is 230 g/mol. The lowest BCUT2D eigenvalue weighted by molar-refractivity contribution is 0.413. The zero-order chi connectivity index (χ0) is 11.5. The van der Waals surface area contributed by atoms with Gasteiger partial charge in [0.25, 0.3) is 0 Å². The van der Waals surface area contributed by atoms with E-state index in [2.05, 4.69) is 28.9 Å². The molecule has 1 aliphatic carbocycles. The Morgan fingerprint density at radius 3 is 3.29 bits per heavy atom. The highest BCUT2D eigenvalue weighted by molar-refractivity contribution is 7.09. The van der Waals surface area contributed by atoms with Gasteiger partial charge in [0, 0.05) is 29.4 Å². The maximum Gasteiger partial charge on any atom is 0.108 e. The minimum absolute atomic E-state index is 0.498. The molecule has 0 aliphatic heterocycles. The second kappa shape index (κ2) is 5.07. The van der Waals surface area contributed by atoms with Crippen molar-refractivity contribution in [2.75, 3.05) is 6.54 Å². The quantitative estimate of drug-likeness (QED) is 0.893. The van der Waals surface area contributed by atoms with E-state index in [-0.39, 0.29) is 0 Å². The average Bonchev–Trinajstić information content (AvgIpc) is 2.99. The van der Waals surface area contributed by atoms with Crippen LogP contribution in [0.5, 0.6) is 0 Å². The highest BCUT2D eigenvalue weighted by Crippen LogP contribution is 2.30. The first-order chi connectivity index (χ1) is 8.43. The largest absolute Gasteiger partial charge is 0.469 e. The van der Waals surface area contributed by atoms with Crippen molar-refractivity contribution < 1.29 is 4.42 Å². The molecule has 2 aromatic heterocycles. The van der Waals surface area contributed by atoms with E-state index >= 15 is 0 Å². The summed E-state index contributed by atoms with van der Waals surface area (Å²) in [5.41, 5.74) is 1.38. The third-order valence-corrected chi connectivity index (χ3v) is 4.33. The molecule has 2 aromatic rings. The van der Waals surface area contributed by atoms with Crippen LogP contribution >= 0.6 is 11.3 Å². The third-order valence-electron chi connectivity index (χ3n) is 3.39. The van der Waals surface area contributed by atoms with Crippen LogP contribution in [-0.2, 0) is 12.8 Å². The van der Waals surface area contributed by atoms with Gasteiger partial charge >= 0.3 is 0 Å². The number of fused-ring (bicyclic) bond motifs is 1. The van der Waals surface area contributed by atoms with Crippen molar-refractivity contribution in [3.8, 4) is 0 Å². The standard InChI is InChI=1S/C14H17NOS/c1-4-13(12-7-9-16-14(12)5-1)15-8-6-11-3-2-10-17-11/h2-3,7,9-10,13,15H,1,4-6,8H2. The van der Waals surface area contributed by atoms with Crippen molar-refractivity contribution in [2.24, 2.45) is 0 Å². The molecule has 1 aliphatic rings. The summed E-state index contributed by atoms with van der Waals surface area (Å²) in [6.45, 7) is 1.05. The monoisotopic (exact) mass is 247 g/mol. The maximum absolute atomic E-state index is 5.50. The second-order valence-corrected chi connectivity index (χ2v) is 5.56. The van der Waals surface area contributed by atoms with Crippen molar-refractivity contribution in [2.45, 2.75) is 31.7 Å². The van der Waals surface area contributed by atoms with Gasteiger partial charge in [-0.15, -0.1) is 11.3 Å². The van der Waals surface area contributed by atoms with E-state index in [0.29, 0.717) is 6.04 Å². The van der Waals surface area contributed by atoms with Gasteiger partial charge in [-0.05, 0) is 36.8 Å². The van der Waals surface area contributed by atoms with Crippen molar-refractivity contribution >= 4 is 11.3 Å². The van der Waals surface area contributed by atoms with Gasteiger partial charge in [-0.2, -0.15) is 0 Å². The van der Waals surface area contributed by atoms with Crippen molar-refractivity contribution in [1.82, 2.24) is 5.32 Å². The van der Waals surface area contributed by atoms with Gasteiger partial charge in [0.05, 0.1) is 6.26 Å². The van der Waals surface area contributed by atoms with Crippen LogP contribution in [0.3, 0.4) is 0 Å². The number of hydrogen-bond acceptors (Lipinski definition) is 3. The normalized spacial score (nSPS) is 19.2. The average molecular weight is 247 g/mol. The Balaban J connectivity index is 1.57. The van der Waals surface area contributed by atoms with Gasteiger partial charge < -0.3 is 9.73 Å². The van der Waals surface area contributed by atoms with Crippen molar-refractivity contribution in [3.63, 3.8) is 0 Å². The number of furan rings is 1. The minimum atomic E-state index is 0.498. The van der Waals surface area contributed by atoms with E-state index in [4.69, 9.17) is 4.42 Å². The van der Waals surface area contributed by atoms with Crippen LogP contribution in [0.1, 0.15) is 35.1 Å². The Hall–Kier alpha value is -1.06. The highest BCUT2D eigenvalue weighted by atomic mass is 32.1. The maximum atomic E-state index is 5.50. The number of rotatable bonds is 4. The Kier molecular flexibility index (Phi) is 3.29. The Bertz CT molecular complexity index is 460. The molecule has 0 amide bonds. The van der Waals surface area contributed by atoms with Crippen LogP contribution in [0.2, 0.25) is 0 Å². The first-order valence-electron chi connectivity index (χ1n) is 6.25. The molecule has 2 nitrogen and oxygen atoms in total. The lowest BCUT2D eigenvalue weighted by Gasteiger charge is -2.22. The minimum Gasteiger partial charge on any atom is -0.469 e. The molecule has 0 saturated heterocycles. The summed E-state index contributed by atoms with van der Waals surface area (Å²) in [6, 6.07) is 6.94. The fourth-order valence-electron chi connectivity index (χ4n) is 2.52. The van der Waals surface area contributed by atoms with Crippen LogP contribution in [0.25, 0.3) is 0 Å². The molecule has 0 aromatic carbocycles. The zero-order valence-electron chi connectivity index (χ0n) is 9.82. The van der Waals surface area contributed by atoms with Crippen molar-refractivity contribution in [1.29, 1.82) is 0 Å². The number of hydrogen-bond donors (Lipinski definition) is 1. The second-order valence-electron chi connectivity index (χ2n) is 4.53. The predicted octanol–water partition coefficient (Wildman–Crippen LogP) is 3.55. The summed E-state index contributed by atoms with van der Waals surface area (Å²) in [4.78, 5) is 1.46. The Labute approximate surface area is 106 Å². The molecular formula is C14H17NOS. The fourth-order valence-corrected chi connectivity index (χ4v) is 3.23. The molecule has 0 fully saturated rings. The van der Waals surface area contributed by atoms with Gasteiger partial charge in [0.1, 0.15) is 5.76 Å². The fraction of sp³-hybridized carbons (Fsp3) is 0.429. The molecule has 1 atom stereocenters. The summed E-state index contributed by atoms with van der Waals surface area (Å²) in [5.74, 6) is 1.19. The smallest absolute Gasteiger partial charge is 0.108 e. The Morgan fingerprint density at radius 1 is 1.41 bits per heavy atom. The van der Waals surface area contributed by atoms with Crippen LogP contribution in [0.4, 0.5) is 0 Å². The van der Waals surface area contributed by atoms with Gasteiger partial charge in [-0.25, -0.2) is 0 Å². The zero-order valence-corrected chi connectivity index (χ0v) is 10.6. The lowest BCUT2D eigenvalue weighted by Crippen LogP contribution is -2.26. The number of thiophene rings is 1. The number of nitrogens with one attached hydrogen (secondary N) is 1. The summed E-state index contributed by atoms with van der Waals surface area (Å²) < 4.78 is 5.50. The lowest BCUT2D eigenvalue weighted by atomic mass is 9.93. The molecule has 0 radical (unpaired) electrons. The molecule has 1 unspecified atom stereocenters. The first-order valence-corrected chi connectivity index (χ1v) is 7.13. The molecule has 90 valence electrons. The summed E-state index contributed by atoms with van der Waals surface area (Å²) in [7, 11) is 0. The molecule has 17 heavy (non-hydrogen) atoms. The van der Waals surface area contributed by atoms with Crippen LogP contribution in [0, 0.1) is 0 Å². The van der Waals surface area contributed by atoms with Crippen LogP contribution in [0.15, 0.2) is 34.3 Å². The Morgan fingerprint density at radius 2 is 2.41 bits per heavy atom. The summed E-state index contributed by atoms with van der Waals surface area (Å²) >= 11 is 1.84. The molecule has 1 N–H and O–H groups in total. The molecule has 0 saturated carbocycles. The van der Waals surface area contributed by atoms with Gasteiger partial charge in [0.2, 0.25) is 0 Å².